The van der Waals surface area contributed by atoms with Gasteiger partial charge in [0.05, 0.1) is 40.7 Å². The summed E-state index contributed by atoms with van der Waals surface area (Å²) in [6, 6.07) is 7.33. The number of thioether (sulfide) groups is 1. The summed E-state index contributed by atoms with van der Waals surface area (Å²) in [4.78, 5) is 16.8. The van der Waals surface area contributed by atoms with Crippen molar-refractivity contribution in [3.05, 3.63) is 42.4 Å². The number of carbonyl (C=O) groups excluding carboxylic acids is 1. The van der Waals surface area contributed by atoms with E-state index in [1.54, 1.807) is 16.9 Å². The molecule has 1 aliphatic heterocycles. The lowest BCUT2D eigenvalue weighted by Crippen LogP contribution is -2.20. The van der Waals surface area contributed by atoms with Crippen LogP contribution in [0.1, 0.15) is 18.2 Å². The first-order valence-electron chi connectivity index (χ1n) is 8.52. The van der Waals surface area contributed by atoms with Crippen molar-refractivity contribution < 1.29 is 13.2 Å². The van der Waals surface area contributed by atoms with E-state index in [2.05, 4.69) is 15.4 Å². The molecule has 3 aromatic rings. The summed E-state index contributed by atoms with van der Waals surface area (Å²) >= 11 is 1.34. The van der Waals surface area contributed by atoms with Crippen molar-refractivity contribution in [3.8, 4) is 0 Å². The van der Waals surface area contributed by atoms with Crippen LogP contribution in [0.15, 0.2) is 41.8 Å². The van der Waals surface area contributed by atoms with Crippen molar-refractivity contribution in [2.24, 2.45) is 0 Å². The first-order valence-corrected chi connectivity index (χ1v) is 11.3. The van der Waals surface area contributed by atoms with E-state index in [1.807, 2.05) is 35.7 Å². The molecule has 27 heavy (non-hydrogen) atoms. The topological polar surface area (TPSA) is 98.4 Å². The maximum absolute atomic E-state index is 12.4. The molecule has 4 heterocycles. The van der Waals surface area contributed by atoms with Crippen molar-refractivity contribution in [1.29, 1.82) is 0 Å². The number of aromatic nitrogens is 4. The van der Waals surface area contributed by atoms with Gasteiger partial charge in [0.25, 0.3) is 0 Å². The van der Waals surface area contributed by atoms with Crippen LogP contribution in [0.2, 0.25) is 0 Å². The molecule has 1 saturated heterocycles. The van der Waals surface area contributed by atoms with Crippen LogP contribution in [0.3, 0.4) is 0 Å². The van der Waals surface area contributed by atoms with Gasteiger partial charge in [0.1, 0.15) is 5.82 Å². The molecule has 0 spiro atoms. The third-order valence-corrected chi connectivity index (χ3v) is 7.13. The molecule has 1 fully saturated rings. The van der Waals surface area contributed by atoms with Crippen molar-refractivity contribution in [2.75, 3.05) is 22.6 Å². The molecule has 0 aliphatic carbocycles. The van der Waals surface area contributed by atoms with Crippen molar-refractivity contribution in [1.82, 2.24) is 19.2 Å². The van der Waals surface area contributed by atoms with Gasteiger partial charge in [-0.1, -0.05) is 17.8 Å². The minimum Gasteiger partial charge on any atom is -0.310 e. The molecule has 8 nitrogen and oxygen atoms in total. The number of amides is 1. The summed E-state index contributed by atoms with van der Waals surface area (Å²) in [6.07, 6.45) is 4.18. The Kier molecular flexibility index (Phi) is 4.68. The molecule has 4 rings (SSSR count). The maximum Gasteiger partial charge on any atom is 0.235 e. The Balaban J connectivity index is 1.44. The van der Waals surface area contributed by atoms with Gasteiger partial charge >= 0.3 is 0 Å². The number of rotatable bonds is 5. The fraction of sp³-hybridized carbons (Fsp3) is 0.353. The average molecular weight is 406 g/mol. The molecule has 10 heteroatoms. The third kappa shape index (κ3) is 3.86. The average Bonchev–Trinajstić information content (AvgIpc) is 3.30. The number of hydrogen-bond acceptors (Lipinski definition) is 6. The first-order chi connectivity index (χ1) is 12.9. The van der Waals surface area contributed by atoms with E-state index in [1.165, 1.54) is 11.8 Å². The zero-order valence-corrected chi connectivity index (χ0v) is 16.3. The highest BCUT2D eigenvalue weighted by atomic mass is 32.2. The lowest BCUT2D eigenvalue weighted by Gasteiger charge is -2.13. The summed E-state index contributed by atoms with van der Waals surface area (Å²) in [5.74, 6) is 0.766. The Morgan fingerprint density at radius 3 is 3.04 bits per heavy atom. The molecule has 1 atom stereocenters. The van der Waals surface area contributed by atoms with E-state index in [0.29, 0.717) is 12.2 Å². The Morgan fingerprint density at radius 2 is 2.26 bits per heavy atom. The number of hydrogen-bond donors (Lipinski definition) is 1. The minimum absolute atomic E-state index is 0.0613. The monoisotopic (exact) mass is 405 g/mol. The normalized spacial score (nSPS) is 18.8. The Labute approximate surface area is 160 Å². The quantitative estimate of drug-likeness (QED) is 0.652. The summed E-state index contributed by atoms with van der Waals surface area (Å²) in [6.45, 7) is 1.82. The second-order valence-electron chi connectivity index (χ2n) is 6.55. The van der Waals surface area contributed by atoms with Crippen LogP contribution in [-0.4, -0.2) is 50.7 Å². The molecule has 142 valence electrons. The zero-order chi connectivity index (χ0) is 19.0. The number of carbonyl (C=O) groups is 1. The van der Waals surface area contributed by atoms with Crippen molar-refractivity contribution in [2.45, 2.75) is 24.5 Å². The SMILES string of the molecule is Cc1cc(NC(=O)CSc2ncc3ccccn23)n(C2CCS(=O)(=O)C2)n1. The molecule has 0 aromatic carbocycles. The predicted octanol–water partition coefficient (Wildman–Crippen LogP) is 1.93. The van der Waals surface area contributed by atoms with E-state index in [-0.39, 0.29) is 29.2 Å². The van der Waals surface area contributed by atoms with Crippen LogP contribution in [0.25, 0.3) is 5.52 Å². The van der Waals surface area contributed by atoms with E-state index in [9.17, 15) is 13.2 Å². The first kappa shape index (κ1) is 18.1. The highest BCUT2D eigenvalue weighted by Gasteiger charge is 2.31. The van der Waals surface area contributed by atoms with Crippen molar-refractivity contribution >= 4 is 38.8 Å². The minimum atomic E-state index is -3.03. The molecule has 0 saturated carbocycles. The van der Waals surface area contributed by atoms with Gasteiger partial charge < -0.3 is 5.32 Å². The summed E-state index contributed by atoms with van der Waals surface area (Å²) in [5, 5.41) is 7.97. The van der Waals surface area contributed by atoms with Gasteiger partial charge in [-0.15, -0.1) is 0 Å². The van der Waals surface area contributed by atoms with Gasteiger partial charge in [-0.25, -0.2) is 18.1 Å². The summed E-state index contributed by atoms with van der Waals surface area (Å²) < 4.78 is 27.1. The van der Waals surface area contributed by atoms with E-state index in [0.717, 1.165) is 16.4 Å². The Bertz CT molecular complexity index is 1100. The second-order valence-corrected chi connectivity index (χ2v) is 9.72. The van der Waals surface area contributed by atoms with E-state index >= 15 is 0 Å². The number of pyridine rings is 1. The van der Waals surface area contributed by atoms with Gasteiger partial charge in [0.15, 0.2) is 15.0 Å². The molecular weight excluding hydrogens is 386 g/mol. The number of imidazole rings is 1. The molecule has 0 bridgehead atoms. The van der Waals surface area contributed by atoms with Crippen LogP contribution >= 0.6 is 11.8 Å². The Morgan fingerprint density at radius 1 is 1.41 bits per heavy atom. The second kappa shape index (κ2) is 7.01. The molecule has 3 aromatic heterocycles. The fourth-order valence-electron chi connectivity index (χ4n) is 3.19. The molecule has 1 N–H and O–H groups in total. The van der Waals surface area contributed by atoms with Crippen LogP contribution in [-0.2, 0) is 14.6 Å². The smallest absolute Gasteiger partial charge is 0.235 e. The number of anilines is 1. The van der Waals surface area contributed by atoms with Crippen molar-refractivity contribution in [3.63, 3.8) is 0 Å². The van der Waals surface area contributed by atoms with Gasteiger partial charge in [-0.05, 0) is 25.5 Å². The van der Waals surface area contributed by atoms with Gasteiger partial charge in [-0.2, -0.15) is 5.10 Å². The summed E-state index contributed by atoms with van der Waals surface area (Å²) in [7, 11) is -3.03. The van der Waals surface area contributed by atoms with E-state index < -0.39 is 9.84 Å². The Hall–Kier alpha value is -2.33. The number of sulfone groups is 1. The molecule has 1 aliphatic rings. The molecule has 1 unspecified atom stereocenters. The van der Waals surface area contributed by atoms with Crippen LogP contribution in [0.4, 0.5) is 5.82 Å². The molecular formula is C17H19N5O3S2. The van der Waals surface area contributed by atoms with Gasteiger partial charge in [-0.3, -0.25) is 9.20 Å². The lowest BCUT2D eigenvalue weighted by molar-refractivity contribution is -0.113. The van der Waals surface area contributed by atoms with Gasteiger partial charge in [0, 0.05) is 12.3 Å². The van der Waals surface area contributed by atoms with E-state index in [4.69, 9.17) is 0 Å². The third-order valence-electron chi connectivity index (χ3n) is 4.42. The number of aryl methyl sites for hydroxylation is 1. The molecule has 0 radical (unpaired) electrons. The molecule has 1 amide bonds. The zero-order valence-electron chi connectivity index (χ0n) is 14.7. The van der Waals surface area contributed by atoms with Crippen LogP contribution in [0, 0.1) is 6.92 Å². The lowest BCUT2D eigenvalue weighted by atomic mass is 10.3. The number of nitrogens with zero attached hydrogens (tertiary/aromatic N) is 4. The van der Waals surface area contributed by atoms with Crippen LogP contribution < -0.4 is 5.32 Å². The predicted molar refractivity (Wildman–Crippen MR) is 104 cm³/mol. The standard InChI is InChI=1S/C17H19N5O3S2/c1-12-8-15(22(20-12)14-5-7-27(24,25)11-14)19-16(23)10-26-17-18-9-13-4-2-3-6-21(13)17/h2-4,6,8-9,14H,5,7,10-11H2,1H3,(H,19,23). The summed E-state index contributed by atoms with van der Waals surface area (Å²) in [5.41, 5.74) is 1.71. The van der Waals surface area contributed by atoms with Crippen LogP contribution in [0.5, 0.6) is 0 Å². The highest BCUT2D eigenvalue weighted by molar-refractivity contribution is 7.99. The number of fused-ring (bicyclic) bond motifs is 1. The largest absolute Gasteiger partial charge is 0.310 e. The van der Waals surface area contributed by atoms with Gasteiger partial charge in [0.2, 0.25) is 5.91 Å². The maximum atomic E-state index is 12.4. The fourth-order valence-corrected chi connectivity index (χ4v) is 5.65. The number of nitrogens with one attached hydrogen (secondary N) is 1. The highest BCUT2D eigenvalue weighted by Crippen LogP contribution is 2.27.